The Bertz CT molecular complexity index is 549. The first-order valence-electron chi connectivity index (χ1n) is 6.49. The smallest absolute Gasteiger partial charge is 0.146 e. The van der Waals surface area contributed by atoms with E-state index in [1.807, 2.05) is 36.4 Å². The van der Waals surface area contributed by atoms with Crippen molar-refractivity contribution in [2.45, 2.75) is 32.0 Å². The predicted molar refractivity (Wildman–Crippen MR) is 74.4 cm³/mol. The van der Waals surface area contributed by atoms with Crippen LogP contribution in [0.25, 0.3) is 0 Å². The monoisotopic (exact) mass is 277 g/mol. The van der Waals surface area contributed by atoms with Crippen molar-refractivity contribution in [1.82, 2.24) is 5.32 Å². The summed E-state index contributed by atoms with van der Waals surface area (Å²) in [5.41, 5.74) is 0. The summed E-state index contributed by atoms with van der Waals surface area (Å²) in [5.74, 6) is 2.44. The van der Waals surface area contributed by atoms with Crippen molar-refractivity contribution in [1.29, 1.82) is 0 Å². The van der Waals surface area contributed by atoms with Gasteiger partial charge in [0.2, 0.25) is 0 Å². The largest absolute Gasteiger partial charge is 0.484 e. The van der Waals surface area contributed by atoms with Gasteiger partial charge in [0.05, 0.1) is 11.6 Å². The summed E-state index contributed by atoms with van der Waals surface area (Å²) in [6, 6.07) is 12.1. The Morgan fingerprint density at radius 1 is 1.16 bits per heavy atom. The number of para-hydroxylation sites is 1. The molecule has 0 saturated heterocycles. The van der Waals surface area contributed by atoms with Gasteiger partial charge in [-0.2, -0.15) is 0 Å². The molecule has 0 atom stereocenters. The van der Waals surface area contributed by atoms with E-state index in [1.165, 1.54) is 12.8 Å². The minimum atomic E-state index is 0.396. The van der Waals surface area contributed by atoms with Gasteiger partial charge in [0.25, 0.3) is 0 Å². The van der Waals surface area contributed by atoms with Gasteiger partial charge in [-0.05, 0) is 37.1 Å². The third-order valence-corrected chi connectivity index (χ3v) is 3.38. The lowest BCUT2D eigenvalue weighted by atomic mass is 10.3. The normalized spacial score (nSPS) is 14.6. The summed E-state index contributed by atoms with van der Waals surface area (Å²) in [7, 11) is 0. The van der Waals surface area contributed by atoms with Gasteiger partial charge in [0, 0.05) is 6.04 Å². The second-order valence-electron chi connectivity index (χ2n) is 4.74. The quantitative estimate of drug-likeness (QED) is 0.873. The van der Waals surface area contributed by atoms with Crippen LogP contribution in [-0.2, 0) is 13.2 Å². The first kappa shape index (κ1) is 12.6. The molecule has 19 heavy (non-hydrogen) atoms. The van der Waals surface area contributed by atoms with E-state index in [9.17, 15) is 0 Å². The molecule has 100 valence electrons. The molecule has 1 aromatic heterocycles. The first-order valence-corrected chi connectivity index (χ1v) is 6.87. The molecule has 1 aromatic carbocycles. The Labute approximate surface area is 117 Å². The van der Waals surface area contributed by atoms with E-state index in [1.54, 1.807) is 0 Å². The lowest BCUT2D eigenvalue weighted by Crippen LogP contribution is -2.14. The van der Waals surface area contributed by atoms with Gasteiger partial charge in [-0.1, -0.05) is 23.7 Å². The molecule has 4 heteroatoms. The summed E-state index contributed by atoms with van der Waals surface area (Å²) in [6.45, 7) is 1.18. The van der Waals surface area contributed by atoms with Crippen LogP contribution in [-0.4, -0.2) is 6.04 Å². The van der Waals surface area contributed by atoms with Gasteiger partial charge in [-0.3, -0.25) is 0 Å². The molecule has 2 aromatic rings. The van der Waals surface area contributed by atoms with E-state index in [2.05, 4.69) is 5.32 Å². The predicted octanol–water partition coefficient (Wildman–Crippen LogP) is 3.76. The van der Waals surface area contributed by atoms with E-state index in [0.29, 0.717) is 23.4 Å². The highest BCUT2D eigenvalue weighted by molar-refractivity contribution is 6.32. The van der Waals surface area contributed by atoms with Crippen LogP contribution >= 0.6 is 11.6 Å². The number of nitrogens with one attached hydrogen (secondary N) is 1. The molecule has 3 nitrogen and oxygen atoms in total. The van der Waals surface area contributed by atoms with Crippen molar-refractivity contribution < 1.29 is 9.15 Å². The number of ether oxygens (including phenoxy) is 1. The zero-order valence-corrected chi connectivity index (χ0v) is 11.3. The Morgan fingerprint density at radius 3 is 2.74 bits per heavy atom. The van der Waals surface area contributed by atoms with E-state index in [4.69, 9.17) is 20.8 Å². The molecule has 0 radical (unpaired) electrons. The summed E-state index contributed by atoms with van der Waals surface area (Å²) >= 11 is 6.02. The highest BCUT2D eigenvalue weighted by Crippen LogP contribution is 2.24. The Hall–Kier alpha value is -1.45. The minimum absolute atomic E-state index is 0.396. The summed E-state index contributed by atoms with van der Waals surface area (Å²) in [5, 5.41) is 4.03. The molecular formula is C15H16ClNO2. The molecule has 1 aliphatic rings. The van der Waals surface area contributed by atoms with Crippen molar-refractivity contribution >= 4 is 11.6 Å². The van der Waals surface area contributed by atoms with Crippen LogP contribution in [0.15, 0.2) is 40.8 Å². The maximum Gasteiger partial charge on any atom is 0.146 e. The van der Waals surface area contributed by atoms with Gasteiger partial charge in [-0.15, -0.1) is 0 Å². The van der Waals surface area contributed by atoms with Crippen LogP contribution in [0.4, 0.5) is 0 Å². The van der Waals surface area contributed by atoms with Crippen LogP contribution in [0.5, 0.6) is 5.75 Å². The number of halogens is 1. The van der Waals surface area contributed by atoms with Crippen LogP contribution in [0.1, 0.15) is 24.4 Å². The third-order valence-electron chi connectivity index (χ3n) is 3.07. The van der Waals surface area contributed by atoms with Crippen molar-refractivity contribution in [2.24, 2.45) is 0 Å². The highest BCUT2D eigenvalue weighted by Gasteiger charge is 2.20. The Kier molecular flexibility index (Phi) is 3.76. The Morgan fingerprint density at radius 2 is 1.95 bits per heavy atom. The van der Waals surface area contributed by atoms with E-state index >= 15 is 0 Å². The maximum absolute atomic E-state index is 6.02. The lowest BCUT2D eigenvalue weighted by Gasteiger charge is -2.05. The van der Waals surface area contributed by atoms with E-state index < -0.39 is 0 Å². The topological polar surface area (TPSA) is 34.4 Å². The van der Waals surface area contributed by atoms with Gasteiger partial charge in [0.15, 0.2) is 0 Å². The van der Waals surface area contributed by atoms with Gasteiger partial charge < -0.3 is 14.5 Å². The SMILES string of the molecule is Clc1ccccc1OCc1ccc(CNC2CC2)o1. The molecule has 1 aliphatic carbocycles. The molecule has 1 heterocycles. The van der Waals surface area contributed by atoms with Gasteiger partial charge in [0.1, 0.15) is 23.9 Å². The molecule has 0 unspecified atom stereocenters. The number of furan rings is 1. The Balaban J connectivity index is 1.53. The molecule has 0 aliphatic heterocycles. The minimum Gasteiger partial charge on any atom is -0.484 e. The lowest BCUT2D eigenvalue weighted by molar-refractivity contribution is 0.265. The van der Waals surface area contributed by atoms with E-state index in [0.717, 1.165) is 18.1 Å². The van der Waals surface area contributed by atoms with Gasteiger partial charge >= 0.3 is 0 Å². The van der Waals surface area contributed by atoms with Crippen molar-refractivity contribution in [3.05, 3.63) is 52.9 Å². The third kappa shape index (κ3) is 3.52. The van der Waals surface area contributed by atoms with E-state index in [-0.39, 0.29) is 0 Å². The second-order valence-corrected chi connectivity index (χ2v) is 5.15. The summed E-state index contributed by atoms with van der Waals surface area (Å²) < 4.78 is 11.3. The summed E-state index contributed by atoms with van der Waals surface area (Å²) in [6.07, 6.45) is 2.56. The number of benzene rings is 1. The first-order chi connectivity index (χ1) is 9.31. The number of hydrogen-bond donors (Lipinski definition) is 1. The number of hydrogen-bond acceptors (Lipinski definition) is 3. The molecule has 3 rings (SSSR count). The zero-order chi connectivity index (χ0) is 13.1. The van der Waals surface area contributed by atoms with Crippen LogP contribution in [0.2, 0.25) is 5.02 Å². The average Bonchev–Trinajstić information content (AvgIpc) is 3.14. The van der Waals surface area contributed by atoms with Crippen molar-refractivity contribution in [2.75, 3.05) is 0 Å². The molecule has 1 fully saturated rings. The molecule has 1 N–H and O–H groups in total. The zero-order valence-electron chi connectivity index (χ0n) is 10.6. The van der Waals surface area contributed by atoms with Crippen LogP contribution in [0.3, 0.4) is 0 Å². The maximum atomic E-state index is 6.02. The molecule has 0 amide bonds. The average molecular weight is 278 g/mol. The molecular weight excluding hydrogens is 262 g/mol. The van der Waals surface area contributed by atoms with Gasteiger partial charge in [-0.25, -0.2) is 0 Å². The second kappa shape index (κ2) is 5.68. The van der Waals surface area contributed by atoms with Crippen LogP contribution < -0.4 is 10.1 Å². The standard InChI is InChI=1S/C15H16ClNO2/c16-14-3-1-2-4-15(14)18-10-13-8-7-12(19-13)9-17-11-5-6-11/h1-4,7-8,11,17H,5-6,9-10H2. The fraction of sp³-hybridized carbons (Fsp3) is 0.333. The molecule has 1 saturated carbocycles. The highest BCUT2D eigenvalue weighted by atomic mass is 35.5. The molecule has 0 spiro atoms. The number of rotatable bonds is 6. The summed E-state index contributed by atoms with van der Waals surface area (Å²) in [4.78, 5) is 0. The van der Waals surface area contributed by atoms with Crippen molar-refractivity contribution in [3.8, 4) is 5.75 Å². The van der Waals surface area contributed by atoms with Crippen molar-refractivity contribution in [3.63, 3.8) is 0 Å². The fourth-order valence-corrected chi connectivity index (χ4v) is 2.03. The fourth-order valence-electron chi connectivity index (χ4n) is 1.84. The van der Waals surface area contributed by atoms with Crippen LogP contribution in [0, 0.1) is 0 Å². The molecule has 0 bridgehead atoms.